The van der Waals surface area contributed by atoms with Crippen LogP contribution in [-0.2, 0) is 0 Å². The van der Waals surface area contributed by atoms with E-state index < -0.39 is 4.92 Å². The lowest BCUT2D eigenvalue weighted by atomic mass is 10.1. The first kappa shape index (κ1) is 13.7. The molecule has 102 valence electrons. The molecule has 0 radical (unpaired) electrons. The Bertz CT molecular complexity index is 683. The van der Waals surface area contributed by atoms with Gasteiger partial charge in [0.25, 0.3) is 5.69 Å². The van der Waals surface area contributed by atoms with Crippen LogP contribution in [0.2, 0.25) is 0 Å². The highest BCUT2D eigenvalue weighted by Crippen LogP contribution is 2.30. The van der Waals surface area contributed by atoms with E-state index in [4.69, 9.17) is 4.74 Å². The van der Waals surface area contributed by atoms with Gasteiger partial charge < -0.3 is 4.74 Å². The third kappa shape index (κ3) is 2.80. The summed E-state index contributed by atoms with van der Waals surface area (Å²) >= 11 is 0. The third-order valence-corrected chi connectivity index (χ3v) is 2.79. The van der Waals surface area contributed by atoms with Crippen LogP contribution in [0.4, 0.5) is 5.69 Å². The number of nitrogens with zero attached hydrogens (tertiary/aromatic N) is 2. The number of rotatable bonds is 4. The van der Waals surface area contributed by atoms with E-state index in [2.05, 4.69) is 4.98 Å². The molecule has 1 heterocycles. The van der Waals surface area contributed by atoms with Gasteiger partial charge in [0.05, 0.1) is 11.1 Å². The molecule has 0 amide bonds. The van der Waals surface area contributed by atoms with E-state index in [1.165, 1.54) is 18.5 Å². The van der Waals surface area contributed by atoms with Crippen LogP contribution in [0, 0.1) is 24.0 Å². The summed E-state index contributed by atoms with van der Waals surface area (Å²) in [5, 5.41) is 10.8. The molecule has 0 saturated carbocycles. The highest BCUT2D eigenvalue weighted by Gasteiger charge is 2.14. The minimum Gasteiger partial charge on any atom is -0.455 e. The van der Waals surface area contributed by atoms with Crippen molar-refractivity contribution in [1.82, 2.24) is 4.98 Å². The van der Waals surface area contributed by atoms with Gasteiger partial charge in [0.2, 0.25) is 0 Å². The number of carbonyl (C=O) groups excluding carboxylic acids is 1. The van der Waals surface area contributed by atoms with Gasteiger partial charge in [-0.05, 0) is 31.5 Å². The smallest absolute Gasteiger partial charge is 0.272 e. The molecular weight excluding hydrogens is 260 g/mol. The normalized spacial score (nSPS) is 10.1. The predicted octanol–water partition coefficient (Wildman–Crippen LogP) is 3.21. The number of nitro benzene ring substituents is 1. The molecule has 2 rings (SSSR count). The predicted molar refractivity (Wildman–Crippen MR) is 72.3 cm³/mol. The van der Waals surface area contributed by atoms with Crippen molar-refractivity contribution < 1.29 is 14.5 Å². The zero-order valence-electron chi connectivity index (χ0n) is 11.0. The quantitative estimate of drug-likeness (QED) is 0.485. The highest BCUT2D eigenvalue weighted by atomic mass is 16.6. The molecule has 20 heavy (non-hydrogen) atoms. The summed E-state index contributed by atoms with van der Waals surface area (Å²) in [5.74, 6) is 0.906. The first-order valence-corrected chi connectivity index (χ1v) is 5.85. The molecule has 0 unspecified atom stereocenters. The Balaban J connectivity index is 2.36. The van der Waals surface area contributed by atoms with E-state index in [9.17, 15) is 14.9 Å². The fourth-order valence-corrected chi connectivity index (χ4v) is 1.76. The summed E-state index contributed by atoms with van der Waals surface area (Å²) in [7, 11) is 0. The molecule has 1 aromatic heterocycles. The van der Waals surface area contributed by atoms with Gasteiger partial charge in [0.15, 0.2) is 6.29 Å². The van der Waals surface area contributed by atoms with Crippen LogP contribution in [0.1, 0.15) is 21.5 Å². The van der Waals surface area contributed by atoms with Crippen LogP contribution in [0.3, 0.4) is 0 Å². The Morgan fingerprint density at radius 2 is 1.95 bits per heavy atom. The number of aryl methyl sites for hydroxylation is 2. The average Bonchev–Trinajstić information content (AvgIpc) is 2.42. The Labute approximate surface area is 115 Å². The van der Waals surface area contributed by atoms with Crippen LogP contribution in [0.25, 0.3) is 0 Å². The number of aromatic nitrogens is 1. The topological polar surface area (TPSA) is 82.3 Å². The van der Waals surface area contributed by atoms with Crippen molar-refractivity contribution in [3.05, 3.63) is 57.4 Å². The van der Waals surface area contributed by atoms with E-state index in [-0.39, 0.29) is 5.69 Å². The maximum atomic E-state index is 10.8. The molecule has 0 N–H and O–H groups in total. The van der Waals surface area contributed by atoms with Crippen LogP contribution >= 0.6 is 0 Å². The Hall–Kier alpha value is -2.76. The summed E-state index contributed by atoms with van der Waals surface area (Å²) < 4.78 is 5.62. The molecule has 6 heteroatoms. The Morgan fingerprint density at radius 1 is 1.20 bits per heavy atom. The molecule has 1 aromatic carbocycles. The lowest BCUT2D eigenvalue weighted by molar-refractivity contribution is -0.385. The monoisotopic (exact) mass is 272 g/mol. The summed E-state index contributed by atoms with van der Waals surface area (Å²) in [6, 6.07) is 4.61. The molecule has 0 aliphatic heterocycles. The molecule has 0 saturated heterocycles. The molecule has 0 fully saturated rings. The minimum atomic E-state index is -0.430. The Morgan fingerprint density at radius 3 is 2.60 bits per heavy atom. The Kier molecular flexibility index (Phi) is 3.74. The summed E-state index contributed by atoms with van der Waals surface area (Å²) in [6.45, 7) is 3.36. The van der Waals surface area contributed by atoms with Gasteiger partial charge in [-0.1, -0.05) is 0 Å². The number of benzene rings is 1. The van der Waals surface area contributed by atoms with E-state index in [0.717, 1.165) is 0 Å². The minimum absolute atomic E-state index is 0.0506. The first-order chi connectivity index (χ1) is 9.51. The molecule has 0 bridgehead atoms. The van der Waals surface area contributed by atoms with Gasteiger partial charge in [0, 0.05) is 23.4 Å². The largest absolute Gasteiger partial charge is 0.455 e. The van der Waals surface area contributed by atoms with E-state index >= 15 is 0 Å². The number of nitro groups is 1. The third-order valence-electron chi connectivity index (χ3n) is 2.79. The van der Waals surface area contributed by atoms with Crippen LogP contribution in [0.5, 0.6) is 11.5 Å². The van der Waals surface area contributed by atoms with Crippen molar-refractivity contribution in [2.45, 2.75) is 13.8 Å². The fourth-order valence-electron chi connectivity index (χ4n) is 1.76. The maximum absolute atomic E-state index is 10.8. The second kappa shape index (κ2) is 5.48. The van der Waals surface area contributed by atoms with Gasteiger partial charge in [0.1, 0.15) is 11.5 Å². The van der Waals surface area contributed by atoms with Gasteiger partial charge in [-0.2, -0.15) is 0 Å². The second-order valence-corrected chi connectivity index (χ2v) is 4.34. The van der Waals surface area contributed by atoms with Gasteiger partial charge >= 0.3 is 0 Å². The molecule has 0 atom stereocenters. The van der Waals surface area contributed by atoms with Crippen molar-refractivity contribution in [3.63, 3.8) is 0 Å². The molecular formula is C14H12N2O4. The number of carbonyl (C=O) groups is 1. The van der Waals surface area contributed by atoms with E-state index in [1.807, 2.05) is 0 Å². The van der Waals surface area contributed by atoms with Crippen molar-refractivity contribution in [2.75, 3.05) is 0 Å². The van der Waals surface area contributed by atoms with Crippen LogP contribution < -0.4 is 4.74 Å². The molecule has 0 aliphatic rings. The van der Waals surface area contributed by atoms with E-state index in [1.54, 1.807) is 26.0 Å². The zero-order valence-corrected chi connectivity index (χ0v) is 11.0. The highest BCUT2D eigenvalue weighted by molar-refractivity contribution is 5.74. The van der Waals surface area contributed by atoms with E-state index in [0.29, 0.717) is 34.5 Å². The van der Waals surface area contributed by atoms with Crippen molar-refractivity contribution >= 4 is 12.0 Å². The number of hydrogen-bond donors (Lipinski definition) is 0. The van der Waals surface area contributed by atoms with Gasteiger partial charge in [-0.3, -0.25) is 19.9 Å². The van der Waals surface area contributed by atoms with Crippen molar-refractivity contribution in [2.24, 2.45) is 0 Å². The number of pyridine rings is 1. The standard InChI is InChI=1S/C14H12N2O4/c1-9-4-14(10(2)3-13(9)16(18)19)20-12-5-11(8-17)6-15-7-12/h3-8H,1-2H3. The lowest BCUT2D eigenvalue weighted by Gasteiger charge is -2.10. The zero-order chi connectivity index (χ0) is 14.7. The molecule has 0 spiro atoms. The maximum Gasteiger partial charge on any atom is 0.272 e. The summed E-state index contributed by atoms with van der Waals surface area (Å²) in [4.78, 5) is 25.0. The van der Waals surface area contributed by atoms with Crippen LogP contribution in [-0.4, -0.2) is 16.2 Å². The number of hydrogen-bond acceptors (Lipinski definition) is 5. The molecule has 0 aliphatic carbocycles. The summed E-state index contributed by atoms with van der Waals surface area (Å²) in [5.41, 5.74) is 1.60. The van der Waals surface area contributed by atoms with Crippen molar-refractivity contribution in [1.29, 1.82) is 0 Å². The van der Waals surface area contributed by atoms with Gasteiger partial charge in [-0.15, -0.1) is 0 Å². The second-order valence-electron chi connectivity index (χ2n) is 4.34. The number of aldehydes is 1. The first-order valence-electron chi connectivity index (χ1n) is 5.85. The average molecular weight is 272 g/mol. The van der Waals surface area contributed by atoms with Crippen molar-refractivity contribution in [3.8, 4) is 11.5 Å². The SMILES string of the molecule is Cc1cc([N+](=O)[O-])c(C)cc1Oc1cncc(C=O)c1. The van der Waals surface area contributed by atoms with Crippen LogP contribution in [0.15, 0.2) is 30.6 Å². The lowest BCUT2D eigenvalue weighted by Crippen LogP contribution is -1.96. The molecule has 6 nitrogen and oxygen atoms in total. The fraction of sp³-hybridized carbons (Fsp3) is 0.143. The summed E-state index contributed by atoms with van der Waals surface area (Å²) in [6.07, 6.45) is 3.57. The number of ether oxygens (including phenoxy) is 1. The van der Waals surface area contributed by atoms with Gasteiger partial charge in [-0.25, -0.2) is 0 Å². The molecule has 2 aromatic rings.